The summed E-state index contributed by atoms with van der Waals surface area (Å²) < 4.78 is 38.2. The summed E-state index contributed by atoms with van der Waals surface area (Å²) >= 11 is 6.03. The van der Waals surface area contributed by atoms with Crippen LogP contribution in [0.1, 0.15) is 51.0 Å². The summed E-state index contributed by atoms with van der Waals surface area (Å²) in [5.41, 5.74) is -0.855. The van der Waals surface area contributed by atoms with Crippen molar-refractivity contribution in [1.29, 1.82) is 0 Å². The fourth-order valence-electron chi connectivity index (χ4n) is 4.00. The monoisotopic (exact) mass is 403 g/mol. The standard InChI is InChI=1S/C19H25ClF3N3O/c1-12-4-2-3-5-16(12)25-18(27)13-6-8-26(9-7-13)17-15(20)10-14(11-24-17)19(21,22)23/h10-13,16H,2-9H2,1H3,(H,25,27). The van der Waals surface area contributed by atoms with Gasteiger partial charge in [0.1, 0.15) is 5.82 Å². The number of halogens is 4. The average Bonchev–Trinajstić information content (AvgIpc) is 2.63. The van der Waals surface area contributed by atoms with Crippen LogP contribution in [0.3, 0.4) is 0 Å². The minimum absolute atomic E-state index is 0.0104. The molecule has 0 radical (unpaired) electrons. The van der Waals surface area contributed by atoms with E-state index in [1.807, 2.05) is 4.90 Å². The molecule has 4 nitrogen and oxygen atoms in total. The minimum Gasteiger partial charge on any atom is -0.355 e. The number of alkyl halides is 3. The molecule has 150 valence electrons. The maximum Gasteiger partial charge on any atom is 0.417 e. The topological polar surface area (TPSA) is 45.2 Å². The number of amides is 1. The van der Waals surface area contributed by atoms with Crippen LogP contribution in [0.4, 0.5) is 19.0 Å². The number of carbonyl (C=O) groups excluding carboxylic acids is 1. The van der Waals surface area contributed by atoms with E-state index in [0.717, 1.165) is 31.5 Å². The first-order valence-electron chi connectivity index (χ1n) is 9.53. The van der Waals surface area contributed by atoms with Crippen LogP contribution in [0.25, 0.3) is 0 Å². The summed E-state index contributed by atoms with van der Waals surface area (Å²) in [6.45, 7) is 3.29. The van der Waals surface area contributed by atoms with Gasteiger partial charge in [-0.05, 0) is 37.7 Å². The third-order valence-electron chi connectivity index (χ3n) is 5.75. The fourth-order valence-corrected chi connectivity index (χ4v) is 4.29. The Labute approximate surface area is 162 Å². The molecule has 1 aromatic heterocycles. The Kier molecular flexibility index (Phi) is 6.18. The second-order valence-electron chi connectivity index (χ2n) is 7.67. The first kappa shape index (κ1) is 20.2. The van der Waals surface area contributed by atoms with E-state index in [9.17, 15) is 18.0 Å². The molecule has 1 aromatic rings. The average molecular weight is 404 g/mol. The Hall–Kier alpha value is -1.50. The van der Waals surface area contributed by atoms with Crippen LogP contribution in [0.5, 0.6) is 0 Å². The minimum atomic E-state index is -4.46. The predicted molar refractivity (Wildman–Crippen MR) is 98.7 cm³/mol. The molecule has 27 heavy (non-hydrogen) atoms. The van der Waals surface area contributed by atoms with Gasteiger partial charge in [0.05, 0.1) is 10.6 Å². The van der Waals surface area contributed by atoms with Gasteiger partial charge in [-0.1, -0.05) is 31.4 Å². The molecule has 2 atom stereocenters. The molecule has 1 aliphatic carbocycles. The van der Waals surface area contributed by atoms with Gasteiger partial charge in [-0.15, -0.1) is 0 Å². The summed E-state index contributed by atoms with van der Waals surface area (Å²) in [6.07, 6.45) is 2.22. The number of piperidine rings is 1. The molecule has 1 saturated heterocycles. The Morgan fingerprint density at radius 1 is 1.22 bits per heavy atom. The van der Waals surface area contributed by atoms with Crippen LogP contribution >= 0.6 is 11.6 Å². The van der Waals surface area contributed by atoms with E-state index < -0.39 is 11.7 Å². The maximum absolute atomic E-state index is 12.7. The second kappa shape index (κ2) is 8.25. The lowest BCUT2D eigenvalue weighted by Gasteiger charge is -2.35. The van der Waals surface area contributed by atoms with Crippen LogP contribution in [-0.4, -0.2) is 30.0 Å². The number of nitrogens with one attached hydrogen (secondary N) is 1. The Balaban J connectivity index is 1.56. The van der Waals surface area contributed by atoms with Crippen molar-refractivity contribution >= 4 is 23.3 Å². The van der Waals surface area contributed by atoms with Crippen LogP contribution in [0, 0.1) is 11.8 Å². The van der Waals surface area contributed by atoms with Crippen LogP contribution < -0.4 is 10.2 Å². The highest BCUT2D eigenvalue weighted by molar-refractivity contribution is 6.33. The lowest BCUT2D eigenvalue weighted by Crippen LogP contribution is -2.46. The number of rotatable bonds is 3. The summed E-state index contributed by atoms with van der Waals surface area (Å²) in [6, 6.07) is 1.17. The summed E-state index contributed by atoms with van der Waals surface area (Å²) in [7, 11) is 0. The smallest absolute Gasteiger partial charge is 0.355 e. The van der Waals surface area contributed by atoms with Gasteiger partial charge < -0.3 is 10.2 Å². The number of nitrogens with zero attached hydrogens (tertiary/aromatic N) is 2. The molecule has 2 aliphatic rings. The van der Waals surface area contributed by atoms with Gasteiger partial charge >= 0.3 is 6.18 Å². The van der Waals surface area contributed by atoms with Crippen LogP contribution in [0.2, 0.25) is 5.02 Å². The molecule has 1 saturated carbocycles. The highest BCUT2D eigenvalue weighted by atomic mass is 35.5. The van der Waals surface area contributed by atoms with Gasteiger partial charge in [-0.3, -0.25) is 4.79 Å². The number of hydrogen-bond acceptors (Lipinski definition) is 3. The largest absolute Gasteiger partial charge is 0.417 e. The van der Waals surface area contributed by atoms with E-state index >= 15 is 0 Å². The first-order valence-corrected chi connectivity index (χ1v) is 9.91. The van der Waals surface area contributed by atoms with E-state index in [1.165, 1.54) is 6.42 Å². The van der Waals surface area contributed by atoms with Gasteiger partial charge in [0, 0.05) is 31.2 Å². The van der Waals surface area contributed by atoms with Crippen molar-refractivity contribution < 1.29 is 18.0 Å². The zero-order valence-corrected chi connectivity index (χ0v) is 16.1. The number of anilines is 1. The van der Waals surface area contributed by atoms with Gasteiger partial charge in [-0.25, -0.2) is 4.98 Å². The molecule has 0 aromatic carbocycles. The quantitative estimate of drug-likeness (QED) is 0.798. The van der Waals surface area contributed by atoms with Gasteiger partial charge in [-0.2, -0.15) is 13.2 Å². The Morgan fingerprint density at radius 2 is 1.89 bits per heavy atom. The molecule has 3 rings (SSSR count). The summed E-state index contributed by atoms with van der Waals surface area (Å²) in [4.78, 5) is 18.4. The van der Waals surface area contributed by atoms with E-state index in [2.05, 4.69) is 17.2 Å². The Morgan fingerprint density at radius 3 is 2.48 bits per heavy atom. The molecule has 1 aliphatic heterocycles. The summed E-state index contributed by atoms with van der Waals surface area (Å²) in [5, 5.41) is 3.19. The molecule has 1 N–H and O–H groups in total. The number of carbonyl (C=O) groups is 1. The molecule has 0 bridgehead atoms. The lowest BCUT2D eigenvalue weighted by atomic mass is 9.85. The second-order valence-corrected chi connectivity index (χ2v) is 8.07. The molecule has 2 heterocycles. The zero-order chi connectivity index (χ0) is 19.6. The SMILES string of the molecule is CC1CCCCC1NC(=O)C1CCN(c2ncc(C(F)(F)F)cc2Cl)CC1. The number of hydrogen-bond donors (Lipinski definition) is 1. The van der Waals surface area contributed by atoms with Crippen LogP contribution in [-0.2, 0) is 11.0 Å². The van der Waals surface area contributed by atoms with Crippen molar-refractivity contribution in [2.24, 2.45) is 11.8 Å². The normalized spacial score (nSPS) is 24.7. The van der Waals surface area contributed by atoms with E-state index in [-0.39, 0.29) is 22.9 Å². The van der Waals surface area contributed by atoms with Gasteiger partial charge in [0.25, 0.3) is 0 Å². The highest BCUT2D eigenvalue weighted by Gasteiger charge is 2.33. The fraction of sp³-hybridized carbons (Fsp3) is 0.684. The predicted octanol–water partition coefficient (Wildman–Crippen LogP) is 4.67. The highest BCUT2D eigenvalue weighted by Crippen LogP contribution is 2.34. The molecular weight excluding hydrogens is 379 g/mol. The third kappa shape index (κ3) is 4.86. The van der Waals surface area contributed by atoms with Crippen molar-refractivity contribution in [1.82, 2.24) is 10.3 Å². The molecular formula is C19H25ClF3N3O. The van der Waals surface area contributed by atoms with E-state index in [0.29, 0.717) is 37.7 Å². The molecule has 1 amide bonds. The molecule has 0 spiro atoms. The van der Waals surface area contributed by atoms with Crippen molar-refractivity contribution in [3.05, 3.63) is 22.8 Å². The van der Waals surface area contributed by atoms with Gasteiger partial charge in [0.15, 0.2) is 0 Å². The van der Waals surface area contributed by atoms with Crippen molar-refractivity contribution in [2.75, 3.05) is 18.0 Å². The zero-order valence-electron chi connectivity index (χ0n) is 15.4. The molecule has 2 fully saturated rings. The lowest BCUT2D eigenvalue weighted by molar-refractivity contribution is -0.137. The molecule has 8 heteroatoms. The third-order valence-corrected chi connectivity index (χ3v) is 6.03. The van der Waals surface area contributed by atoms with E-state index in [1.54, 1.807) is 0 Å². The first-order chi connectivity index (χ1) is 12.8. The van der Waals surface area contributed by atoms with Crippen molar-refractivity contribution in [3.8, 4) is 0 Å². The van der Waals surface area contributed by atoms with Crippen LogP contribution in [0.15, 0.2) is 12.3 Å². The maximum atomic E-state index is 12.7. The van der Waals surface area contributed by atoms with Crippen molar-refractivity contribution in [2.45, 2.75) is 57.7 Å². The molecule has 2 unspecified atom stereocenters. The van der Waals surface area contributed by atoms with Crippen molar-refractivity contribution in [3.63, 3.8) is 0 Å². The number of pyridine rings is 1. The Bertz CT molecular complexity index is 675. The van der Waals surface area contributed by atoms with E-state index in [4.69, 9.17) is 11.6 Å². The van der Waals surface area contributed by atoms with Gasteiger partial charge in [0.2, 0.25) is 5.91 Å². The number of aromatic nitrogens is 1. The summed E-state index contributed by atoms with van der Waals surface area (Å²) in [5.74, 6) is 0.894.